The van der Waals surface area contributed by atoms with Gasteiger partial charge in [0.25, 0.3) is 0 Å². The van der Waals surface area contributed by atoms with Crippen LogP contribution in [-0.2, 0) is 6.42 Å². The van der Waals surface area contributed by atoms with Crippen LogP contribution in [0.15, 0.2) is 24.5 Å². The molecule has 0 bridgehead atoms. The molecular weight excluding hydrogens is 308 g/mol. The monoisotopic (exact) mass is 342 g/mol. The van der Waals surface area contributed by atoms with Crippen molar-refractivity contribution in [2.75, 3.05) is 52.4 Å². The molecule has 4 heteroatoms. The lowest BCUT2D eigenvalue weighted by Gasteiger charge is -2.46. The van der Waals surface area contributed by atoms with E-state index in [4.69, 9.17) is 0 Å². The molecule has 0 N–H and O–H groups in total. The first-order chi connectivity index (χ1) is 12.4. The Balaban J connectivity index is 1.21. The standard InChI is InChI=1S/C21H34N4/c1-2-11-25-12-3-4-20(21(25)5-1)18-24-16-14-23(15-17-24)13-8-19-6-9-22-10-7-19/h6-7,9-10,20-21H,1-5,8,11-18H2/t20-,21+/m0/s1. The van der Waals surface area contributed by atoms with Crippen molar-refractivity contribution in [1.82, 2.24) is 19.7 Å². The average molecular weight is 343 g/mol. The van der Waals surface area contributed by atoms with Crippen molar-refractivity contribution < 1.29 is 0 Å². The van der Waals surface area contributed by atoms with Crippen LogP contribution in [0, 0.1) is 5.92 Å². The van der Waals surface area contributed by atoms with E-state index in [2.05, 4.69) is 31.8 Å². The molecule has 4 nitrogen and oxygen atoms in total. The molecule has 0 unspecified atom stereocenters. The van der Waals surface area contributed by atoms with Crippen molar-refractivity contribution in [3.63, 3.8) is 0 Å². The van der Waals surface area contributed by atoms with Gasteiger partial charge in [-0.15, -0.1) is 0 Å². The summed E-state index contributed by atoms with van der Waals surface area (Å²) in [6.45, 7) is 10.3. The van der Waals surface area contributed by atoms with Crippen molar-refractivity contribution in [2.45, 2.75) is 44.6 Å². The quantitative estimate of drug-likeness (QED) is 0.820. The van der Waals surface area contributed by atoms with Crippen LogP contribution in [-0.4, -0.2) is 78.1 Å². The van der Waals surface area contributed by atoms with E-state index in [9.17, 15) is 0 Å². The molecule has 0 aliphatic carbocycles. The van der Waals surface area contributed by atoms with Crippen molar-refractivity contribution in [3.8, 4) is 0 Å². The smallest absolute Gasteiger partial charge is 0.0270 e. The Morgan fingerprint density at radius 3 is 2.44 bits per heavy atom. The largest absolute Gasteiger partial charge is 0.300 e. The van der Waals surface area contributed by atoms with Crippen LogP contribution in [0.2, 0.25) is 0 Å². The minimum atomic E-state index is 0.896. The minimum absolute atomic E-state index is 0.896. The van der Waals surface area contributed by atoms with Gasteiger partial charge >= 0.3 is 0 Å². The van der Waals surface area contributed by atoms with Crippen LogP contribution < -0.4 is 0 Å². The molecule has 0 saturated carbocycles. The molecule has 3 aliphatic rings. The third-order valence-electron chi connectivity index (χ3n) is 6.65. The lowest BCUT2D eigenvalue weighted by molar-refractivity contribution is 0.0293. The maximum Gasteiger partial charge on any atom is 0.0270 e. The summed E-state index contributed by atoms with van der Waals surface area (Å²) in [5.41, 5.74) is 1.41. The SMILES string of the molecule is c1cc(CCN2CCN(C[C@@H]3CCCN4CCCC[C@H]34)CC2)ccn1. The molecular formula is C21H34N4. The van der Waals surface area contributed by atoms with E-state index in [-0.39, 0.29) is 0 Å². The number of hydrogen-bond acceptors (Lipinski definition) is 4. The van der Waals surface area contributed by atoms with Crippen molar-refractivity contribution in [2.24, 2.45) is 5.92 Å². The van der Waals surface area contributed by atoms with E-state index in [1.165, 1.54) is 90.0 Å². The van der Waals surface area contributed by atoms with Crippen molar-refractivity contribution >= 4 is 0 Å². The number of pyridine rings is 1. The highest BCUT2D eigenvalue weighted by atomic mass is 15.3. The van der Waals surface area contributed by atoms with Crippen LogP contribution in [0.5, 0.6) is 0 Å². The highest BCUT2D eigenvalue weighted by Gasteiger charge is 2.34. The van der Waals surface area contributed by atoms with Gasteiger partial charge in [-0.3, -0.25) is 4.98 Å². The Bertz CT molecular complexity index is 510. The van der Waals surface area contributed by atoms with E-state index in [1.807, 2.05) is 12.4 Å². The van der Waals surface area contributed by atoms with Gasteiger partial charge in [0.15, 0.2) is 0 Å². The maximum absolute atomic E-state index is 4.11. The normalized spacial score (nSPS) is 29.4. The molecule has 0 aromatic carbocycles. The van der Waals surface area contributed by atoms with Crippen LogP contribution in [0.1, 0.15) is 37.7 Å². The molecule has 2 atom stereocenters. The third-order valence-corrected chi connectivity index (χ3v) is 6.65. The highest BCUT2D eigenvalue weighted by molar-refractivity contribution is 5.09. The number of rotatable bonds is 5. The zero-order valence-electron chi connectivity index (χ0n) is 15.7. The second-order valence-corrected chi connectivity index (χ2v) is 8.25. The number of hydrogen-bond donors (Lipinski definition) is 0. The van der Waals surface area contributed by atoms with Gasteiger partial charge < -0.3 is 14.7 Å². The summed E-state index contributed by atoms with van der Waals surface area (Å²) in [7, 11) is 0. The van der Waals surface area contributed by atoms with Crippen LogP contribution in [0.25, 0.3) is 0 Å². The fourth-order valence-electron chi connectivity index (χ4n) is 5.15. The maximum atomic E-state index is 4.11. The third kappa shape index (κ3) is 4.60. The lowest BCUT2D eigenvalue weighted by Crippen LogP contribution is -2.54. The molecule has 3 fully saturated rings. The topological polar surface area (TPSA) is 22.6 Å². The Kier molecular flexibility index (Phi) is 6.01. The van der Waals surface area contributed by atoms with Gasteiger partial charge in [-0.05, 0) is 68.8 Å². The molecule has 0 amide bonds. The Morgan fingerprint density at radius 2 is 1.60 bits per heavy atom. The first kappa shape index (κ1) is 17.4. The molecule has 3 aliphatic heterocycles. The molecule has 1 aromatic rings. The van der Waals surface area contributed by atoms with E-state index in [0.717, 1.165) is 18.4 Å². The number of aromatic nitrogens is 1. The van der Waals surface area contributed by atoms with Crippen LogP contribution in [0.4, 0.5) is 0 Å². The zero-order valence-corrected chi connectivity index (χ0v) is 15.7. The lowest BCUT2D eigenvalue weighted by atomic mass is 9.83. The molecule has 0 radical (unpaired) electrons. The number of piperidine rings is 2. The summed E-state index contributed by atoms with van der Waals surface area (Å²) in [6, 6.07) is 5.19. The Hall–Kier alpha value is -0.970. The summed E-state index contributed by atoms with van der Waals surface area (Å²) >= 11 is 0. The van der Waals surface area contributed by atoms with Gasteiger partial charge in [0.05, 0.1) is 0 Å². The Labute approximate surface area is 153 Å². The molecule has 3 saturated heterocycles. The fourth-order valence-corrected chi connectivity index (χ4v) is 5.15. The highest BCUT2D eigenvalue weighted by Crippen LogP contribution is 2.31. The number of fused-ring (bicyclic) bond motifs is 1. The first-order valence-corrected chi connectivity index (χ1v) is 10.5. The fraction of sp³-hybridized carbons (Fsp3) is 0.762. The predicted molar refractivity (Wildman–Crippen MR) is 103 cm³/mol. The molecule has 25 heavy (non-hydrogen) atoms. The second kappa shape index (κ2) is 8.61. The Morgan fingerprint density at radius 1 is 0.840 bits per heavy atom. The van der Waals surface area contributed by atoms with Gasteiger partial charge in [-0.1, -0.05) is 6.42 Å². The predicted octanol–water partition coefficient (Wildman–Crippen LogP) is 2.51. The molecule has 0 spiro atoms. The van der Waals surface area contributed by atoms with Crippen molar-refractivity contribution in [1.29, 1.82) is 0 Å². The minimum Gasteiger partial charge on any atom is -0.300 e. The van der Waals surface area contributed by atoms with Gasteiger partial charge in [0, 0.05) is 57.7 Å². The molecule has 4 heterocycles. The summed E-state index contributed by atoms with van der Waals surface area (Å²) in [5, 5.41) is 0. The van der Waals surface area contributed by atoms with E-state index < -0.39 is 0 Å². The van der Waals surface area contributed by atoms with E-state index in [1.54, 1.807) is 0 Å². The number of nitrogens with zero attached hydrogens (tertiary/aromatic N) is 4. The zero-order chi connectivity index (χ0) is 16.9. The van der Waals surface area contributed by atoms with E-state index in [0.29, 0.717) is 0 Å². The van der Waals surface area contributed by atoms with Crippen LogP contribution >= 0.6 is 0 Å². The first-order valence-electron chi connectivity index (χ1n) is 10.5. The van der Waals surface area contributed by atoms with Gasteiger partial charge in [-0.25, -0.2) is 0 Å². The summed E-state index contributed by atoms with van der Waals surface area (Å²) in [6.07, 6.45) is 12.2. The second-order valence-electron chi connectivity index (χ2n) is 8.25. The van der Waals surface area contributed by atoms with Gasteiger partial charge in [0.1, 0.15) is 0 Å². The van der Waals surface area contributed by atoms with Crippen molar-refractivity contribution in [3.05, 3.63) is 30.1 Å². The van der Waals surface area contributed by atoms with Gasteiger partial charge in [-0.2, -0.15) is 0 Å². The van der Waals surface area contributed by atoms with Gasteiger partial charge in [0.2, 0.25) is 0 Å². The summed E-state index contributed by atoms with van der Waals surface area (Å²) < 4.78 is 0. The van der Waals surface area contributed by atoms with E-state index >= 15 is 0 Å². The average Bonchev–Trinajstić information content (AvgIpc) is 2.69. The summed E-state index contributed by atoms with van der Waals surface area (Å²) in [5.74, 6) is 0.928. The molecule has 1 aromatic heterocycles. The number of piperazine rings is 1. The van der Waals surface area contributed by atoms with Crippen LogP contribution in [0.3, 0.4) is 0 Å². The summed E-state index contributed by atoms with van der Waals surface area (Å²) in [4.78, 5) is 12.3. The molecule has 4 rings (SSSR count). The molecule has 138 valence electrons.